The second kappa shape index (κ2) is 4.44. The molecule has 82 valence electrons. The Morgan fingerprint density at radius 1 is 1.00 bits per heavy atom. The molecule has 2 rings (SSSR count). The van der Waals surface area contributed by atoms with Gasteiger partial charge < -0.3 is 0 Å². The Morgan fingerprint density at radius 2 is 1.75 bits per heavy atom. The van der Waals surface area contributed by atoms with Gasteiger partial charge in [0.1, 0.15) is 0 Å². The molecular weight excluding hydrogens is 196 g/mol. The van der Waals surface area contributed by atoms with E-state index in [1.54, 1.807) is 0 Å². The van der Waals surface area contributed by atoms with Crippen LogP contribution in [0.25, 0.3) is 11.4 Å². The Morgan fingerprint density at radius 3 is 2.44 bits per heavy atom. The van der Waals surface area contributed by atoms with Gasteiger partial charge >= 0.3 is 0 Å². The molecule has 2 aromatic heterocycles. The van der Waals surface area contributed by atoms with Crippen molar-refractivity contribution in [1.82, 2.24) is 9.97 Å². The molecule has 0 amide bonds. The predicted octanol–water partition coefficient (Wildman–Crippen LogP) is 3.32. The molecule has 0 unspecified atom stereocenters. The van der Waals surface area contributed by atoms with Gasteiger partial charge in [-0.3, -0.25) is 9.97 Å². The molecule has 2 nitrogen and oxygen atoms in total. The molecule has 0 aromatic carbocycles. The van der Waals surface area contributed by atoms with Crippen molar-refractivity contribution in [3.05, 3.63) is 47.3 Å². The van der Waals surface area contributed by atoms with Crippen molar-refractivity contribution in [2.24, 2.45) is 0 Å². The summed E-state index contributed by atoms with van der Waals surface area (Å²) in [5, 5.41) is 0. The topological polar surface area (TPSA) is 25.8 Å². The molecule has 0 fully saturated rings. The van der Waals surface area contributed by atoms with Crippen LogP contribution < -0.4 is 0 Å². The van der Waals surface area contributed by atoms with Crippen LogP contribution in [0.2, 0.25) is 0 Å². The summed E-state index contributed by atoms with van der Waals surface area (Å²) in [6.07, 6.45) is 2.79. The first-order valence-corrected chi connectivity index (χ1v) is 5.59. The van der Waals surface area contributed by atoms with Gasteiger partial charge in [0.25, 0.3) is 0 Å². The molecule has 0 saturated carbocycles. The third-order valence-electron chi connectivity index (χ3n) is 2.56. The lowest BCUT2D eigenvalue weighted by molar-refractivity contribution is 1.03. The minimum Gasteiger partial charge on any atom is -0.255 e. The first-order valence-electron chi connectivity index (χ1n) is 5.59. The summed E-state index contributed by atoms with van der Waals surface area (Å²) in [5.41, 5.74) is 5.51. The summed E-state index contributed by atoms with van der Waals surface area (Å²) in [4.78, 5) is 8.96. The third-order valence-corrected chi connectivity index (χ3v) is 2.56. The fourth-order valence-electron chi connectivity index (χ4n) is 1.73. The van der Waals surface area contributed by atoms with Gasteiger partial charge in [0.05, 0.1) is 11.4 Å². The Bertz CT molecular complexity index is 504. The molecule has 0 aliphatic rings. The normalized spacial score (nSPS) is 10.4. The number of pyridine rings is 2. The van der Waals surface area contributed by atoms with Crippen LogP contribution in [-0.2, 0) is 6.42 Å². The lowest BCUT2D eigenvalue weighted by Crippen LogP contribution is -1.94. The summed E-state index contributed by atoms with van der Waals surface area (Å²) in [6, 6.07) is 8.28. The van der Waals surface area contributed by atoms with Gasteiger partial charge in [-0.2, -0.15) is 0 Å². The predicted molar refractivity (Wildman–Crippen MR) is 66.3 cm³/mol. The van der Waals surface area contributed by atoms with Gasteiger partial charge in [-0.25, -0.2) is 0 Å². The monoisotopic (exact) mass is 212 g/mol. The molecule has 2 aromatic rings. The fourth-order valence-corrected chi connectivity index (χ4v) is 1.73. The Labute approximate surface area is 96.4 Å². The van der Waals surface area contributed by atoms with Crippen molar-refractivity contribution < 1.29 is 0 Å². The fraction of sp³-hybridized carbons (Fsp3) is 0.286. The molecule has 2 heteroatoms. The van der Waals surface area contributed by atoms with E-state index in [0.717, 1.165) is 23.5 Å². The molecule has 16 heavy (non-hydrogen) atoms. The van der Waals surface area contributed by atoms with Crippen molar-refractivity contribution in [2.75, 3.05) is 0 Å². The number of aromatic nitrogens is 2. The highest BCUT2D eigenvalue weighted by Gasteiger charge is 2.03. The molecule has 0 aliphatic heterocycles. The molecule has 0 spiro atoms. The maximum atomic E-state index is 4.60. The van der Waals surface area contributed by atoms with E-state index in [9.17, 15) is 0 Å². The van der Waals surface area contributed by atoms with Gasteiger partial charge in [0.2, 0.25) is 0 Å². The van der Waals surface area contributed by atoms with Crippen LogP contribution in [0.5, 0.6) is 0 Å². The number of hydrogen-bond donors (Lipinski definition) is 0. The van der Waals surface area contributed by atoms with Gasteiger partial charge in [-0.1, -0.05) is 6.92 Å². The molecule has 0 radical (unpaired) electrons. The maximum Gasteiger partial charge on any atom is 0.0892 e. The molecule has 0 atom stereocenters. The first kappa shape index (κ1) is 10.8. The number of hydrogen-bond acceptors (Lipinski definition) is 2. The highest BCUT2D eigenvalue weighted by molar-refractivity contribution is 5.56. The number of aryl methyl sites for hydroxylation is 3. The second-order valence-corrected chi connectivity index (χ2v) is 4.09. The Hall–Kier alpha value is -1.70. The lowest BCUT2D eigenvalue weighted by atomic mass is 10.1. The van der Waals surface area contributed by atoms with Crippen LogP contribution in [0.1, 0.15) is 23.7 Å². The van der Waals surface area contributed by atoms with E-state index in [2.05, 4.69) is 48.9 Å². The summed E-state index contributed by atoms with van der Waals surface area (Å²) in [7, 11) is 0. The van der Waals surface area contributed by atoms with Crippen LogP contribution in [0, 0.1) is 13.8 Å². The third kappa shape index (κ3) is 2.27. The van der Waals surface area contributed by atoms with Gasteiger partial charge in [-0.05, 0) is 55.7 Å². The second-order valence-electron chi connectivity index (χ2n) is 4.09. The van der Waals surface area contributed by atoms with Crippen LogP contribution in [-0.4, -0.2) is 9.97 Å². The zero-order chi connectivity index (χ0) is 11.5. The highest BCUT2D eigenvalue weighted by atomic mass is 14.8. The summed E-state index contributed by atoms with van der Waals surface area (Å²) in [6.45, 7) is 6.29. The van der Waals surface area contributed by atoms with Crippen LogP contribution >= 0.6 is 0 Å². The van der Waals surface area contributed by atoms with Crippen LogP contribution in [0.15, 0.2) is 30.5 Å². The van der Waals surface area contributed by atoms with Crippen molar-refractivity contribution in [2.45, 2.75) is 27.2 Å². The van der Waals surface area contributed by atoms with Crippen LogP contribution in [0.3, 0.4) is 0 Å². The first-order chi connectivity index (χ1) is 7.69. The average Bonchev–Trinajstić information content (AvgIpc) is 2.28. The minimum absolute atomic E-state index is 0.957. The molecule has 0 bridgehead atoms. The Balaban J connectivity index is 2.51. The maximum absolute atomic E-state index is 4.60. The number of nitrogens with zero attached hydrogens (tertiary/aromatic N) is 2. The molecule has 0 aliphatic carbocycles. The quantitative estimate of drug-likeness (QED) is 0.763. The van der Waals surface area contributed by atoms with Gasteiger partial charge in [0, 0.05) is 11.9 Å². The zero-order valence-corrected chi connectivity index (χ0v) is 9.99. The van der Waals surface area contributed by atoms with Gasteiger partial charge in [-0.15, -0.1) is 0 Å². The standard InChI is InChI=1S/C14H16N2/c1-4-12-7-11(3)9-14(16-12)13-8-10(2)5-6-15-13/h5-9H,4H2,1-3H3. The van der Waals surface area contributed by atoms with E-state index in [1.807, 2.05) is 12.3 Å². The highest BCUT2D eigenvalue weighted by Crippen LogP contribution is 2.17. The van der Waals surface area contributed by atoms with E-state index in [0.29, 0.717) is 0 Å². The number of rotatable bonds is 2. The largest absolute Gasteiger partial charge is 0.255 e. The molecule has 0 N–H and O–H groups in total. The average molecular weight is 212 g/mol. The molecule has 2 heterocycles. The van der Waals surface area contributed by atoms with Gasteiger partial charge in [0.15, 0.2) is 0 Å². The van der Waals surface area contributed by atoms with Crippen molar-refractivity contribution in [1.29, 1.82) is 0 Å². The van der Waals surface area contributed by atoms with Crippen molar-refractivity contribution >= 4 is 0 Å². The zero-order valence-electron chi connectivity index (χ0n) is 9.99. The summed E-state index contributed by atoms with van der Waals surface area (Å²) in [5.74, 6) is 0. The smallest absolute Gasteiger partial charge is 0.0892 e. The van der Waals surface area contributed by atoms with Crippen molar-refractivity contribution in [3.8, 4) is 11.4 Å². The molecule has 0 saturated heterocycles. The van der Waals surface area contributed by atoms with E-state index in [1.165, 1.54) is 11.1 Å². The van der Waals surface area contributed by atoms with E-state index >= 15 is 0 Å². The van der Waals surface area contributed by atoms with Crippen molar-refractivity contribution in [3.63, 3.8) is 0 Å². The van der Waals surface area contributed by atoms with E-state index in [4.69, 9.17) is 0 Å². The minimum atomic E-state index is 0.957. The Kier molecular flexibility index (Phi) is 3.00. The SMILES string of the molecule is CCc1cc(C)cc(-c2cc(C)ccn2)n1. The summed E-state index contributed by atoms with van der Waals surface area (Å²) < 4.78 is 0. The van der Waals surface area contributed by atoms with E-state index < -0.39 is 0 Å². The lowest BCUT2D eigenvalue weighted by Gasteiger charge is -2.05. The van der Waals surface area contributed by atoms with Crippen LogP contribution in [0.4, 0.5) is 0 Å². The van der Waals surface area contributed by atoms with E-state index in [-0.39, 0.29) is 0 Å². The summed E-state index contributed by atoms with van der Waals surface area (Å²) >= 11 is 0. The molecular formula is C14H16N2.